The number of amides is 1. The summed E-state index contributed by atoms with van der Waals surface area (Å²) in [7, 11) is 0. The Bertz CT molecular complexity index is 1010. The Kier molecular flexibility index (Phi) is 3.70. The Balaban J connectivity index is 1.51. The Morgan fingerprint density at radius 1 is 1.12 bits per heavy atom. The lowest BCUT2D eigenvalue weighted by atomic mass is 10.2. The first-order valence-corrected chi connectivity index (χ1v) is 7.78. The fourth-order valence-corrected chi connectivity index (χ4v) is 2.61. The van der Waals surface area contributed by atoms with E-state index in [0.717, 1.165) is 11.3 Å². The van der Waals surface area contributed by atoms with Crippen LogP contribution in [-0.2, 0) is 0 Å². The number of hydrogen-bond acceptors (Lipinski definition) is 5. The van der Waals surface area contributed by atoms with Crippen molar-refractivity contribution in [2.75, 3.05) is 0 Å². The Labute approximate surface area is 143 Å². The summed E-state index contributed by atoms with van der Waals surface area (Å²) in [6, 6.07) is 12.5. The topological polar surface area (TPSA) is 90.0 Å². The van der Waals surface area contributed by atoms with Gasteiger partial charge in [-0.3, -0.25) is 9.20 Å². The Morgan fingerprint density at radius 2 is 1.96 bits per heavy atom. The van der Waals surface area contributed by atoms with Gasteiger partial charge in [0, 0.05) is 11.8 Å². The van der Waals surface area contributed by atoms with E-state index in [0.29, 0.717) is 11.4 Å². The number of aromatic nitrogens is 6. The minimum absolute atomic E-state index is 0.176. The lowest BCUT2D eigenvalue weighted by molar-refractivity contribution is 0.0938. The van der Waals surface area contributed by atoms with Crippen molar-refractivity contribution >= 4 is 11.6 Å². The molecule has 124 valence electrons. The second kappa shape index (κ2) is 6.16. The summed E-state index contributed by atoms with van der Waals surface area (Å²) in [4.78, 5) is 16.4. The van der Waals surface area contributed by atoms with E-state index in [4.69, 9.17) is 0 Å². The number of nitrogens with one attached hydrogen (secondary N) is 1. The molecule has 0 aliphatic heterocycles. The molecule has 0 fully saturated rings. The molecular formula is C17H15N7O. The van der Waals surface area contributed by atoms with Crippen molar-refractivity contribution in [2.45, 2.75) is 13.0 Å². The van der Waals surface area contributed by atoms with E-state index < -0.39 is 0 Å². The normalized spacial score (nSPS) is 12.2. The molecule has 0 aliphatic rings. The molecule has 8 nitrogen and oxygen atoms in total. The Hall–Kier alpha value is -3.55. The van der Waals surface area contributed by atoms with Crippen molar-refractivity contribution in [3.63, 3.8) is 0 Å². The average molecular weight is 333 g/mol. The van der Waals surface area contributed by atoms with Crippen LogP contribution in [0.3, 0.4) is 0 Å². The molecular weight excluding hydrogens is 318 g/mol. The van der Waals surface area contributed by atoms with Crippen LogP contribution in [0.2, 0.25) is 0 Å². The highest BCUT2D eigenvalue weighted by molar-refractivity contribution is 5.94. The van der Waals surface area contributed by atoms with Gasteiger partial charge in [-0.2, -0.15) is 5.10 Å². The number of pyridine rings is 1. The van der Waals surface area contributed by atoms with E-state index in [1.165, 1.54) is 6.33 Å². The molecule has 4 rings (SSSR count). The summed E-state index contributed by atoms with van der Waals surface area (Å²) >= 11 is 0. The van der Waals surface area contributed by atoms with Gasteiger partial charge in [0.1, 0.15) is 12.7 Å². The second-order valence-corrected chi connectivity index (χ2v) is 5.57. The zero-order valence-corrected chi connectivity index (χ0v) is 13.4. The summed E-state index contributed by atoms with van der Waals surface area (Å²) in [5, 5.41) is 15.3. The third-order valence-corrected chi connectivity index (χ3v) is 3.89. The number of fused-ring (bicyclic) bond motifs is 1. The van der Waals surface area contributed by atoms with Gasteiger partial charge in [0.2, 0.25) is 0 Å². The molecule has 0 unspecified atom stereocenters. The smallest absolute Gasteiger partial charge is 0.251 e. The molecule has 0 spiro atoms. The number of carbonyl (C=O) groups is 1. The van der Waals surface area contributed by atoms with E-state index in [9.17, 15) is 4.79 Å². The number of carbonyl (C=O) groups excluding carboxylic acids is 1. The van der Waals surface area contributed by atoms with Crippen LogP contribution in [-0.4, -0.2) is 35.3 Å². The van der Waals surface area contributed by atoms with Crippen LogP contribution in [0.5, 0.6) is 0 Å². The van der Waals surface area contributed by atoms with Crippen LogP contribution in [0.25, 0.3) is 11.3 Å². The molecule has 1 N–H and O–H groups in total. The van der Waals surface area contributed by atoms with Crippen molar-refractivity contribution in [1.82, 2.24) is 34.7 Å². The zero-order chi connectivity index (χ0) is 17.2. The first-order valence-electron chi connectivity index (χ1n) is 7.78. The van der Waals surface area contributed by atoms with Crippen molar-refractivity contribution in [2.24, 2.45) is 0 Å². The average Bonchev–Trinajstić information content (AvgIpc) is 3.31. The first-order chi connectivity index (χ1) is 12.2. The highest BCUT2D eigenvalue weighted by Crippen LogP contribution is 2.14. The van der Waals surface area contributed by atoms with Crippen LogP contribution in [0.4, 0.5) is 0 Å². The highest BCUT2D eigenvalue weighted by atomic mass is 16.1. The van der Waals surface area contributed by atoms with E-state index >= 15 is 0 Å². The van der Waals surface area contributed by atoms with Gasteiger partial charge in [0.25, 0.3) is 5.91 Å². The molecule has 1 aromatic carbocycles. The largest absolute Gasteiger partial charge is 0.342 e. The highest BCUT2D eigenvalue weighted by Gasteiger charge is 2.16. The zero-order valence-electron chi connectivity index (χ0n) is 13.4. The number of nitrogens with zero attached hydrogens (tertiary/aromatic N) is 6. The summed E-state index contributed by atoms with van der Waals surface area (Å²) < 4.78 is 3.49. The van der Waals surface area contributed by atoms with Crippen LogP contribution in [0.1, 0.15) is 29.1 Å². The molecule has 1 amide bonds. The van der Waals surface area contributed by atoms with E-state index in [1.807, 2.05) is 47.9 Å². The quantitative estimate of drug-likeness (QED) is 0.615. The van der Waals surface area contributed by atoms with Crippen LogP contribution < -0.4 is 5.32 Å². The van der Waals surface area contributed by atoms with Crippen molar-refractivity contribution < 1.29 is 4.79 Å². The molecule has 4 aromatic rings. The van der Waals surface area contributed by atoms with E-state index in [1.54, 1.807) is 23.1 Å². The lowest BCUT2D eigenvalue weighted by Crippen LogP contribution is -2.28. The minimum Gasteiger partial charge on any atom is -0.342 e. The van der Waals surface area contributed by atoms with E-state index in [2.05, 4.69) is 25.6 Å². The van der Waals surface area contributed by atoms with Gasteiger partial charge in [0.15, 0.2) is 11.5 Å². The maximum Gasteiger partial charge on any atom is 0.251 e. The molecule has 0 bridgehead atoms. The number of rotatable bonds is 4. The Morgan fingerprint density at radius 3 is 2.72 bits per heavy atom. The third-order valence-electron chi connectivity index (χ3n) is 3.89. The molecule has 0 saturated carbocycles. The fourth-order valence-electron chi connectivity index (χ4n) is 2.61. The van der Waals surface area contributed by atoms with E-state index in [-0.39, 0.29) is 11.9 Å². The third kappa shape index (κ3) is 2.85. The van der Waals surface area contributed by atoms with Crippen molar-refractivity contribution in [1.29, 1.82) is 0 Å². The summed E-state index contributed by atoms with van der Waals surface area (Å²) in [6.07, 6.45) is 4.94. The standard InChI is InChI=1S/C17H15N7O/c1-12(16-22-21-15-4-2-3-9-23(15)16)20-17(25)13-5-7-14(8-6-13)24-11-18-10-19-24/h2-12H,1H3,(H,20,25)/t12-/m0/s1. The lowest BCUT2D eigenvalue weighted by Gasteiger charge is -2.12. The molecule has 0 aliphatic carbocycles. The second-order valence-electron chi connectivity index (χ2n) is 5.57. The summed E-state index contributed by atoms with van der Waals surface area (Å²) in [6.45, 7) is 1.88. The van der Waals surface area contributed by atoms with Gasteiger partial charge in [-0.25, -0.2) is 9.67 Å². The predicted octanol–water partition coefficient (Wildman–Crippen LogP) is 1.80. The van der Waals surface area contributed by atoms with Gasteiger partial charge >= 0.3 is 0 Å². The van der Waals surface area contributed by atoms with Crippen molar-refractivity contribution in [3.05, 3.63) is 72.7 Å². The number of hydrogen-bond donors (Lipinski definition) is 1. The van der Waals surface area contributed by atoms with Gasteiger partial charge in [0.05, 0.1) is 11.7 Å². The SMILES string of the molecule is C[C@H](NC(=O)c1ccc(-n2cncn2)cc1)c1nnc2ccccn12. The maximum absolute atomic E-state index is 12.5. The van der Waals surface area contributed by atoms with Crippen molar-refractivity contribution in [3.8, 4) is 5.69 Å². The monoisotopic (exact) mass is 333 g/mol. The summed E-state index contributed by atoms with van der Waals surface area (Å²) in [5.41, 5.74) is 2.14. The fraction of sp³-hybridized carbons (Fsp3) is 0.118. The van der Waals surface area contributed by atoms with Crippen LogP contribution in [0.15, 0.2) is 61.3 Å². The molecule has 0 radical (unpaired) electrons. The van der Waals surface area contributed by atoms with Crippen LogP contribution in [0, 0.1) is 0 Å². The minimum atomic E-state index is -0.278. The van der Waals surface area contributed by atoms with Gasteiger partial charge in [-0.15, -0.1) is 10.2 Å². The molecule has 0 saturated heterocycles. The van der Waals surface area contributed by atoms with Crippen LogP contribution >= 0.6 is 0 Å². The molecule has 3 heterocycles. The summed E-state index contributed by atoms with van der Waals surface area (Å²) in [5.74, 6) is 0.508. The van der Waals surface area contributed by atoms with Gasteiger partial charge < -0.3 is 5.32 Å². The first kappa shape index (κ1) is 15.0. The molecule has 25 heavy (non-hydrogen) atoms. The molecule has 1 atom stereocenters. The molecule has 3 aromatic heterocycles. The van der Waals surface area contributed by atoms with Gasteiger partial charge in [-0.05, 0) is 43.3 Å². The number of benzene rings is 1. The molecule has 8 heteroatoms. The van der Waals surface area contributed by atoms with Gasteiger partial charge in [-0.1, -0.05) is 6.07 Å². The maximum atomic E-state index is 12.5. The predicted molar refractivity (Wildman–Crippen MR) is 90.2 cm³/mol.